The molecule has 2 aliphatic rings. The van der Waals surface area contributed by atoms with Crippen molar-refractivity contribution in [2.75, 3.05) is 13.2 Å². The molecular weight excluding hydrogens is 242 g/mol. The Labute approximate surface area is 111 Å². The van der Waals surface area contributed by atoms with E-state index in [1.807, 2.05) is 24.3 Å². The highest BCUT2D eigenvalue weighted by Crippen LogP contribution is 2.37. The van der Waals surface area contributed by atoms with Crippen molar-refractivity contribution in [2.24, 2.45) is 0 Å². The van der Waals surface area contributed by atoms with Gasteiger partial charge in [-0.2, -0.15) is 0 Å². The molecule has 2 fully saturated rings. The Bertz CT molecular complexity index is 594. The molecule has 0 aliphatic carbocycles. The molecule has 2 atom stereocenters. The van der Waals surface area contributed by atoms with Gasteiger partial charge in [0.15, 0.2) is 0 Å². The van der Waals surface area contributed by atoms with E-state index in [2.05, 4.69) is 5.32 Å². The number of rotatable bonds is 1. The van der Waals surface area contributed by atoms with Crippen molar-refractivity contribution >= 4 is 11.0 Å². The molecular formula is C15H17NO3. The lowest BCUT2D eigenvalue weighted by Gasteiger charge is -2.45. The van der Waals surface area contributed by atoms with Crippen LogP contribution >= 0.6 is 0 Å². The highest BCUT2D eigenvalue weighted by molar-refractivity contribution is 5.78. The van der Waals surface area contributed by atoms with Crippen molar-refractivity contribution in [1.29, 1.82) is 0 Å². The summed E-state index contributed by atoms with van der Waals surface area (Å²) in [6.07, 6.45) is 3.09. The lowest BCUT2D eigenvalue weighted by Crippen LogP contribution is -2.58. The number of furan rings is 1. The second-order valence-electron chi connectivity index (χ2n) is 5.71. The van der Waals surface area contributed by atoms with Gasteiger partial charge in [0, 0.05) is 17.5 Å². The third kappa shape index (κ3) is 1.87. The maximum atomic E-state index is 11.0. The smallest absolute Gasteiger partial charge is 0.133 e. The number of aliphatic hydroxyl groups is 1. The number of hydrogen-bond donors (Lipinski definition) is 2. The second kappa shape index (κ2) is 4.07. The fraction of sp³-hybridized carbons (Fsp3) is 0.467. The number of morpholine rings is 1. The Morgan fingerprint density at radius 3 is 2.74 bits per heavy atom. The van der Waals surface area contributed by atoms with Crippen LogP contribution in [-0.4, -0.2) is 30.4 Å². The molecule has 1 aromatic heterocycles. The Morgan fingerprint density at radius 1 is 1.16 bits per heavy atom. The summed E-state index contributed by atoms with van der Waals surface area (Å²) < 4.78 is 10.9. The van der Waals surface area contributed by atoms with E-state index in [-0.39, 0.29) is 12.1 Å². The first-order chi connectivity index (χ1) is 9.23. The molecule has 4 heteroatoms. The Hall–Kier alpha value is -1.36. The molecule has 3 heterocycles. The van der Waals surface area contributed by atoms with Crippen molar-refractivity contribution in [3.8, 4) is 0 Å². The highest BCUT2D eigenvalue weighted by atomic mass is 16.5. The summed E-state index contributed by atoms with van der Waals surface area (Å²) in [6, 6.07) is 8.40. The summed E-state index contributed by atoms with van der Waals surface area (Å²) in [5.74, 6) is 0. The third-order valence-corrected chi connectivity index (χ3v) is 4.27. The fourth-order valence-corrected chi connectivity index (χ4v) is 3.41. The minimum atomic E-state index is -0.754. The highest BCUT2D eigenvalue weighted by Gasteiger charge is 2.42. The van der Waals surface area contributed by atoms with Crippen LogP contribution in [0.25, 0.3) is 11.0 Å². The van der Waals surface area contributed by atoms with Crippen LogP contribution in [-0.2, 0) is 10.3 Å². The molecule has 2 unspecified atom stereocenters. The Morgan fingerprint density at radius 2 is 1.95 bits per heavy atom. The van der Waals surface area contributed by atoms with Crippen LogP contribution in [0.3, 0.4) is 0 Å². The first-order valence-corrected chi connectivity index (χ1v) is 6.77. The molecule has 19 heavy (non-hydrogen) atoms. The van der Waals surface area contributed by atoms with E-state index in [0.29, 0.717) is 26.1 Å². The van der Waals surface area contributed by atoms with Gasteiger partial charge in [0.25, 0.3) is 0 Å². The number of benzene rings is 1. The van der Waals surface area contributed by atoms with Crippen LogP contribution in [0.1, 0.15) is 18.4 Å². The van der Waals surface area contributed by atoms with E-state index < -0.39 is 5.60 Å². The third-order valence-electron chi connectivity index (χ3n) is 4.27. The molecule has 0 amide bonds. The van der Waals surface area contributed by atoms with E-state index in [1.54, 1.807) is 6.26 Å². The predicted molar refractivity (Wildman–Crippen MR) is 70.9 cm³/mol. The number of nitrogens with one attached hydrogen (secondary N) is 1. The summed E-state index contributed by atoms with van der Waals surface area (Å²) >= 11 is 0. The quantitative estimate of drug-likeness (QED) is 0.819. The maximum Gasteiger partial charge on any atom is 0.133 e. The van der Waals surface area contributed by atoms with Crippen molar-refractivity contribution in [3.05, 3.63) is 36.1 Å². The van der Waals surface area contributed by atoms with Gasteiger partial charge in [-0.3, -0.25) is 0 Å². The molecule has 1 aromatic carbocycles. The largest absolute Gasteiger partial charge is 0.464 e. The minimum absolute atomic E-state index is 0.248. The Kier molecular flexibility index (Phi) is 2.45. The van der Waals surface area contributed by atoms with Crippen LogP contribution in [0.2, 0.25) is 0 Å². The van der Waals surface area contributed by atoms with Crippen molar-refractivity contribution in [2.45, 2.75) is 30.5 Å². The molecule has 0 radical (unpaired) electrons. The van der Waals surface area contributed by atoms with Gasteiger partial charge in [-0.1, -0.05) is 6.07 Å². The molecule has 2 aromatic rings. The lowest BCUT2D eigenvalue weighted by molar-refractivity contribution is -0.0801. The van der Waals surface area contributed by atoms with Gasteiger partial charge in [-0.05, 0) is 36.6 Å². The van der Waals surface area contributed by atoms with Crippen LogP contribution < -0.4 is 5.32 Å². The van der Waals surface area contributed by atoms with Gasteiger partial charge in [0.2, 0.25) is 0 Å². The zero-order valence-corrected chi connectivity index (χ0v) is 10.6. The molecule has 2 bridgehead atoms. The number of fused-ring (bicyclic) bond motifs is 3. The normalized spacial score (nSPS) is 34.6. The number of hydrogen-bond acceptors (Lipinski definition) is 4. The van der Waals surface area contributed by atoms with Gasteiger partial charge in [0.1, 0.15) is 5.58 Å². The minimum Gasteiger partial charge on any atom is -0.464 e. The van der Waals surface area contributed by atoms with Crippen LogP contribution in [0.4, 0.5) is 0 Å². The topological polar surface area (TPSA) is 54.6 Å². The average molecular weight is 259 g/mol. The molecule has 4 nitrogen and oxygen atoms in total. The average Bonchev–Trinajstić information content (AvgIpc) is 2.85. The van der Waals surface area contributed by atoms with E-state index >= 15 is 0 Å². The summed E-state index contributed by atoms with van der Waals surface area (Å²) in [5, 5.41) is 15.6. The van der Waals surface area contributed by atoms with Gasteiger partial charge in [0.05, 0.1) is 25.1 Å². The first kappa shape index (κ1) is 11.5. The zero-order valence-electron chi connectivity index (χ0n) is 10.6. The molecule has 4 rings (SSSR count). The standard InChI is InChI=1S/C15H17NO3/c17-15(6-12-8-18-9-13(7-15)16-12)11-1-2-14-10(5-11)3-4-19-14/h1-5,12-13,16-17H,6-9H2. The van der Waals surface area contributed by atoms with Crippen molar-refractivity contribution in [1.82, 2.24) is 5.32 Å². The van der Waals surface area contributed by atoms with E-state index in [4.69, 9.17) is 9.15 Å². The van der Waals surface area contributed by atoms with Crippen LogP contribution in [0.15, 0.2) is 34.9 Å². The molecule has 2 N–H and O–H groups in total. The Balaban J connectivity index is 1.72. The van der Waals surface area contributed by atoms with Crippen molar-refractivity contribution in [3.63, 3.8) is 0 Å². The summed E-state index contributed by atoms with van der Waals surface area (Å²) in [6.45, 7) is 1.37. The van der Waals surface area contributed by atoms with Gasteiger partial charge < -0.3 is 19.6 Å². The second-order valence-corrected chi connectivity index (χ2v) is 5.71. The lowest BCUT2D eigenvalue weighted by atomic mass is 9.78. The molecule has 2 saturated heterocycles. The fourth-order valence-electron chi connectivity index (χ4n) is 3.41. The predicted octanol–water partition coefficient (Wildman–Crippen LogP) is 1.77. The SMILES string of the molecule is OC1(c2ccc3occc3c2)CC2COCC(C1)N2. The molecule has 2 aliphatic heterocycles. The van der Waals surface area contributed by atoms with Gasteiger partial charge in [-0.25, -0.2) is 0 Å². The molecule has 0 spiro atoms. The summed E-state index contributed by atoms with van der Waals surface area (Å²) in [4.78, 5) is 0. The van der Waals surface area contributed by atoms with Crippen LogP contribution in [0, 0.1) is 0 Å². The van der Waals surface area contributed by atoms with E-state index in [0.717, 1.165) is 16.5 Å². The van der Waals surface area contributed by atoms with Crippen LogP contribution in [0.5, 0.6) is 0 Å². The molecule has 100 valence electrons. The maximum absolute atomic E-state index is 11.0. The zero-order chi connectivity index (χ0) is 12.9. The van der Waals surface area contributed by atoms with E-state index in [1.165, 1.54) is 0 Å². The van der Waals surface area contributed by atoms with Crippen molar-refractivity contribution < 1.29 is 14.3 Å². The monoisotopic (exact) mass is 259 g/mol. The number of piperidine rings is 1. The molecule has 0 saturated carbocycles. The van der Waals surface area contributed by atoms with E-state index in [9.17, 15) is 5.11 Å². The van der Waals surface area contributed by atoms with Gasteiger partial charge in [-0.15, -0.1) is 0 Å². The van der Waals surface area contributed by atoms with Gasteiger partial charge >= 0.3 is 0 Å². The summed E-state index contributed by atoms with van der Waals surface area (Å²) in [7, 11) is 0. The number of ether oxygens (including phenoxy) is 1. The summed E-state index contributed by atoms with van der Waals surface area (Å²) in [5.41, 5.74) is 1.10. The first-order valence-electron chi connectivity index (χ1n) is 6.77.